The zero-order valence-electron chi connectivity index (χ0n) is 16.5. The van der Waals surface area contributed by atoms with Crippen molar-refractivity contribution < 1.29 is 37.4 Å². The first-order chi connectivity index (χ1) is 15.2. The van der Waals surface area contributed by atoms with Gasteiger partial charge in [-0.05, 0) is 31.0 Å². The van der Waals surface area contributed by atoms with Crippen LogP contribution in [-0.2, 0) is 14.4 Å². The normalized spacial score (nSPS) is 18.4. The van der Waals surface area contributed by atoms with E-state index in [4.69, 9.17) is 9.84 Å². The fourth-order valence-electron chi connectivity index (χ4n) is 3.72. The lowest BCUT2D eigenvalue weighted by atomic mass is 9.95. The highest BCUT2D eigenvalue weighted by Gasteiger charge is 2.34. The summed E-state index contributed by atoms with van der Waals surface area (Å²) in [6.07, 6.45) is -0.814. The molecule has 8 nitrogen and oxygen atoms in total. The summed E-state index contributed by atoms with van der Waals surface area (Å²) in [7, 11) is 0. The first kappa shape index (κ1) is 21.5. The monoisotopic (exact) mass is 449 g/mol. The maximum Gasteiger partial charge on any atom is 0.354 e. The van der Waals surface area contributed by atoms with Crippen LogP contribution in [0.4, 0.5) is 30.2 Å². The Morgan fingerprint density at radius 3 is 2.38 bits per heavy atom. The lowest BCUT2D eigenvalue weighted by molar-refractivity contribution is -0.149. The van der Waals surface area contributed by atoms with E-state index in [-0.39, 0.29) is 28.9 Å². The van der Waals surface area contributed by atoms with E-state index in [0.717, 1.165) is 12.1 Å². The number of carboxylic acids is 1. The van der Waals surface area contributed by atoms with E-state index in [0.29, 0.717) is 31.6 Å². The van der Waals surface area contributed by atoms with Gasteiger partial charge in [-0.2, -0.15) is 0 Å². The number of nitrogens with zero attached hydrogens (tertiary/aromatic N) is 1. The standard InChI is InChI=1S/C21H18F3N3O5/c22-13-8-12(9-14(23)17(13)24)27-5-3-10(4-6-27)19(28)25-11-1-2-16-15(7-11)26-20(29)18(32-16)21(30)31/h1-2,7-10,18H,3-6H2,(H,25,28)(H,26,29)(H,30,31). The summed E-state index contributed by atoms with van der Waals surface area (Å²) in [5.74, 6) is -6.75. The molecule has 4 rings (SSSR count). The van der Waals surface area contributed by atoms with Gasteiger partial charge >= 0.3 is 5.97 Å². The number of ether oxygens (including phenoxy) is 1. The maximum absolute atomic E-state index is 13.5. The minimum absolute atomic E-state index is 0.169. The summed E-state index contributed by atoms with van der Waals surface area (Å²) in [5.41, 5.74) is 0.836. The molecule has 2 aliphatic rings. The molecule has 2 aromatic carbocycles. The number of hydrogen-bond acceptors (Lipinski definition) is 5. The number of fused-ring (bicyclic) bond motifs is 1. The molecule has 11 heteroatoms. The Kier molecular flexibility index (Phi) is 5.64. The van der Waals surface area contributed by atoms with Gasteiger partial charge in [0.1, 0.15) is 5.75 Å². The van der Waals surface area contributed by atoms with E-state index in [1.807, 2.05) is 0 Å². The van der Waals surface area contributed by atoms with Crippen LogP contribution >= 0.6 is 0 Å². The molecular formula is C21H18F3N3O5. The second-order valence-electron chi connectivity index (χ2n) is 7.51. The average Bonchev–Trinajstić information content (AvgIpc) is 2.76. The smallest absolute Gasteiger partial charge is 0.354 e. The van der Waals surface area contributed by atoms with Crippen molar-refractivity contribution in [2.75, 3.05) is 28.6 Å². The van der Waals surface area contributed by atoms with Crippen LogP contribution in [0.2, 0.25) is 0 Å². The van der Waals surface area contributed by atoms with Crippen LogP contribution in [0.5, 0.6) is 5.75 Å². The number of benzene rings is 2. The summed E-state index contributed by atoms with van der Waals surface area (Å²) in [4.78, 5) is 37.2. The summed E-state index contributed by atoms with van der Waals surface area (Å²) in [6, 6.07) is 6.28. The number of halogens is 3. The number of carboxylic acid groups (broad SMARTS) is 1. The number of amides is 2. The van der Waals surface area contributed by atoms with E-state index in [1.165, 1.54) is 18.2 Å². The Bertz CT molecular complexity index is 1080. The van der Waals surface area contributed by atoms with Gasteiger partial charge in [0.25, 0.3) is 12.0 Å². The largest absolute Gasteiger partial charge is 0.478 e. The Morgan fingerprint density at radius 2 is 1.75 bits per heavy atom. The third-order valence-corrected chi connectivity index (χ3v) is 5.41. The maximum atomic E-state index is 13.5. The van der Waals surface area contributed by atoms with Crippen LogP contribution in [0.3, 0.4) is 0 Å². The SMILES string of the molecule is O=C(Nc1ccc2c(c1)NC(=O)C(C(=O)O)O2)C1CCN(c2cc(F)c(F)c(F)c2)CC1. The van der Waals surface area contributed by atoms with Crippen LogP contribution in [0.1, 0.15) is 12.8 Å². The van der Waals surface area contributed by atoms with E-state index in [2.05, 4.69) is 10.6 Å². The highest BCUT2D eigenvalue weighted by atomic mass is 19.2. The predicted octanol–water partition coefficient (Wildman–Crippen LogP) is 2.74. The fourth-order valence-corrected chi connectivity index (χ4v) is 3.72. The van der Waals surface area contributed by atoms with Gasteiger partial charge in [0.05, 0.1) is 5.69 Å². The van der Waals surface area contributed by atoms with Gasteiger partial charge in [-0.25, -0.2) is 18.0 Å². The molecule has 1 saturated heterocycles. The molecule has 1 unspecified atom stereocenters. The lowest BCUT2D eigenvalue weighted by Gasteiger charge is -2.33. The molecule has 1 atom stereocenters. The number of carbonyl (C=O) groups excluding carboxylic acids is 2. The highest BCUT2D eigenvalue weighted by Crippen LogP contribution is 2.33. The van der Waals surface area contributed by atoms with Crippen LogP contribution in [0, 0.1) is 23.4 Å². The van der Waals surface area contributed by atoms with E-state index in [9.17, 15) is 27.6 Å². The van der Waals surface area contributed by atoms with Gasteiger partial charge in [-0.15, -0.1) is 0 Å². The molecule has 2 aliphatic heterocycles. The van der Waals surface area contributed by atoms with E-state index < -0.39 is 35.4 Å². The highest BCUT2D eigenvalue weighted by molar-refractivity contribution is 6.09. The molecule has 168 valence electrons. The zero-order chi connectivity index (χ0) is 23.0. The van der Waals surface area contributed by atoms with E-state index in [1.54, 1.807) is 4.90 Å². The summed E-state index contributed by atoms with van der Waals surface area (Å²) >= 11 is 0. The van der Waals surface area contributed by atoms with Crippen molar-refractivity contribution in [3.8, 4) is 5.75 Å². The summed E-state index contributed by atoms with van der Waals surface area (Å²) in [5, 5.41) is 14.2. The summed E-state index contributed by atoms with van der Waals surface area (Å²) < 4.78 is 45.3. The number of rotatable bonds is 4. The van der Waals surface area contributed by atoms with E-state index >= 15 is 0 Å². The van der Waals surface area contributed by atoms with Gasteiger partial charge in [0, 0.05) is 42.5 Å². The number of hydrogen-bond donors (Lipinski definition) is 3. The van der Waals surface area contributed by atoms with Gasteiger partial charge in [-0.1, -0.05) is 0 Å². The van der Waals surface area contributed by atoms with Crippen molar-refractivity contribution in [2.24, 2.45) is 5.92 Å². The first-order valence-electron chi connectivity index (χ1n) is 9.77. The Hall–Kier alpha value is -3.76. The van der Waals surface area contributed by atoms with Crippen molar-refractivity contribution in [1.82, 2.24) is 0 Å². The molecule has 32 heavy (non-hydrogen) atoms. The summed E-state index contributed by atoms with van der Waals surface area (Å²) in [6.45, 7) is 0.709. The van der Waals surface area contributed by atoms with Crippen LogP contribution in [0.25, 0.3) is 0 Å². The molecular weight excluding hydrogens is 431 g/mol. The molecule has 0 spiro atoms. The van der Waals surface area contributed by atoms with Crippen molar-refractivity contribution in [3.05, 3.63) is 47.8 Å². The molecule has 0 aliphatic carbocycles. The number of aliphatic carboxylic acids is 1. The van der Waals surface area contributed by atoms with Crippen LogP contribution in [0.15, 0.2) is 30.3 Å². The Morgan fingerprint density at radius 1 is 1.09 bits per heavy atom. The topological polar surface area (TPSA) is 108 Å². The third kappa shape index (κ3) is 4.18. The molecule has 2 amide bonds. The predicted molar refractivity (Wildman–Crippen MR) is 107 cm³/mol. The Labute approximate surface area is 180 Å². The molecule has 0 aromatic heterocycles. The molecule has 3 N–H and O–H groups in total. The van der Waals surface area contributed by atoms with Gasteiger partial charge in [0.2, 0.25) is 5.91 Å². The van der Waals surface area contributed by atoms with Crippen LogP contribution < -0.4 is 20.3 Å². The Balaban J connectivity index is 1.37. The molecule has 2 heterocycles. The van der Waals surface area contributed by atoms with Gasteiger partial charge in [-0.3, -0.25) is 9.59 Å². The number of anilines is 3. The number of nitrogens with one attached hydrogen (secondary N) is 2. The van der Waals surface area contributed by atoms with Crippen molar-refractivity contribution >= 4 is 34.8 Å². The van der Waals surface area contributed by atoms with Crippen molar-refractivity contribution in [2.45, 2.75) is 18.9 Å². The van der Waals surface area contributed by atoms with Gasteiger partial charge in [0.15, 0.2) is 17.5 Å². The van der Waals surface area contributed by atoms with Crippen LogP contribution in [-0.4, -0.2) is 42.1 Å². The average molecular weight is 449 g/mol. The molecule has 0 radical (unpaired) electrons. The molecule has 2 aromatic rings. The fraction of sp³-hybridized carbons (Fsp3) is 0.286. The van der Waals surface area contributed by atoms with Crippen molar-refractivity contribution in [3.63, 3.8) is 0 Å². The third-order valence-electron chi connectivity index (χ3n) is 5.41. The first-order valence-corrected chi connectivity index (χ1v) is 9.77. The lowest BCUT2D eigenvalue weighted by Crippen LogP contribution is -2.42. The zero-order valence-corrected chi connectivity index (χ0v) is 16.5. The second kappa shape index (κ2) is 8.40. The quantitative estimate of drug-likeness (QED) is 0.490. The molecule has 0 saturated carbocycles. The number of piperidine rings is 1. The second-order valence-corrected chi connectivity index (χ2v) is 7.51. The molecule has 1 fully saturated rings. The minimum Gasteiger partial charge on any atom is -0.478 e. The van der Waals surface area contributed by atoms with Gasteiger partial charge < -0.3 is 25.4 Å². The van der Waals surface area contributed by atoms with Crippen molar-refractivity contribution in [1.29, 1.82) is 0 Å². The number of carbonyl (C=O) groups is 3. The molecule has 0 bridgehead atoms. The minimum atomic E-state index is -1.64.